The molecule has 0 fully saturated rings. The second-order valence-electron chi connectivity index (χ2n) is 7.30. The van der Waals surface area contributed by atoms with Crippen LogP contribution in [0.2, 0.25) is 0 Å². The van der Waals surface area contributed by atoms with E-state index in [1.165, 1.54) is 24.4 Å². The van der Waals surface area contributed by atoms with E-state index < -0.39 is 17.6 Å². The molecule has 0 saturated carbocycles. The Labute approximate surface area is 192 Å². The van der Waals surface area contributed by atoms with Gasteiger partial charge in [-0.2, -0.15) is 5.10 Å². The van der Waals surface area contributed by atoms with Gasteiger partial charge in [0.15, 0.2) is 5.65 Å². The van der Waals surface area contributed by atoms with Gasteiger partial charge in [0.2, 0.25) is 0 Å². The predicted octanol–water partition coefficient (Wildman–Crippen LogP) is 3.35. The van der Waals surface area contributed by atoms with Gasteiger partial charge < -0.3 is 4.42 Å². The molecule has 0 saturated heterocycles. The lowest BCUT2D eigenvalue weighted by Crippen LogP contribution is -2.42. The third-order valence-corrected chi connectivity index (χ3v) is 5.10. The van der Waals surface area contributed by atoms with Crippen molar-refractivity contribution in [2.75, 3.05) is 0 Å². The fraction of sp³-hybridized carbons (Fsp3) is 0.0417. The topological polar surface area (TPSA) is 115 Å². The summed E-state index contributed by atoms with van der Waals surface area (Å²) in [6.45, 7) is 0.311. The Hall–Kier alpha value is -4.86. The highest BCUT2D eigenvalue weighted by Gasteiger charge is 2.19. The molecule has 4 aromatic heterocycles. The molecule has 0 radical (unpaired) electrons. The largest absolute Gasteiger partial charge is 0.467 e. The lowest BCUT2D eigenvalue weighted by molar-refractivity contribution is 0.0845. The van der Waals surface area contributed by atoms with E-state index in [0.29, 0.717) is 34.6 Å². The summed E-state index contributed by atoms with van der Waals surface area (Å²) >= 11 is 0. The second kappa shape index (κ2) is 8.94. The third-order valence-electron chi connectivity index (χ3n) is 5.10. The van der Waals surface area contributed by atoms with E-state index in [4.69, 9.17) is 4.42 Å². The van der Waals surface area contributed by atoms with Crippen molar-refractivity contribution in [1.82, 2.24) is 30.6 Å². The average molecular weight is 456 g/mol. The Morgan fingerprint density at radius 3 is 2.53 bits per heavy atom. The van der Waals surface area contributed by atoms with E-state index in [0.717, 1.165) is 6.07 Å². The molecule has 0 spiro atoms. The number of hydrazine groups is 1. The highest BCUT2D eigenvalue weighted by atomic mass is 19.1. The lowest BCUT2D eigenvalue weighted by Gasteiger charge is -2.10. The van der Waals surface area contributed by atoms with E-state index in [2.05, 4.69) is 25.9 Å². The summed E-state index contributed by atoms with van der Waals surface area (Å²) in [6, 6.07) is 14.2. The molecule has 2 N–H and O–H groups in total. The quantitative estimate of drug-likeness (QED) is 0.392. The summed E-state index contributed by atoms with van der Waals surface area (Å²) in [4.78, 5) is 34.2. The molecular formula is C24H17FN6O3. The van der Waals surface area contributed by atoms with Crippen molar-refractivity contribution in [2.45, 2.75) is 6.54 Å². The molecule has 0 aliphatic carbocycles. The zero-order valence-corrected chi connectivity index (χ0v) is 17.6. The number of amides is 2. The minimum atomic E-state index is -0.780. The zero-order chi connectivity index (χ0) is 23.5. The average Bonchev–Trinajstić information content (AvgIpc) is 3.53. The number of fused-ring (bicyclic) bond motifs is 1. The van der Waals surface area contributed by atoms with E-state index in [9.17, 15) is 14.0 Å². The molecule has 10 heteroatoms. The van der Waals surface area contributed by atoms with Crippen LogP contribution in [0.25, 0.3) is 22.3 Å². The summed E-state index contributed by atoms with van der Waals surface area (Å²) in [6.07, 6.45) is 6.34. The molecule has 0 bridgehead atoms. The molecule has 4 heterocycles. The minimum absolute atomic E-state index is 0.190. The van der Waals surface area contributed by atoms with Crippen LogP contribution in [0.5, 0.6) is 0 Å². The fourth-order valence-electron chi connectivity index (χ4n) is 3.46. The van der Waals surface area contributed by atoms with Gasteiger partial charge in [0.05, 0.1) is 34.7 Å². The molecular weight excluding hydrogens is 439 g/mol. The monoisotopic (exact) mass is 456 g/mol. The second-order valence-corrected chi connectivity index (χ2v) is 7.30. The van der Waals surface area contributed by atoms with Crippen molar-refractivity contribution in [3.63, 3.8) is 0 Å². The Balaban J connectivity index is 1.50. The van der Waals surface area contributed by atoms with E-state index >= 15 is 0 Å². The first-order chi connectivity index (χ1) is 16.6. The summed E-state index contributed by atoms with van der Waals surface area (Å²) < 4.78 is 20.9. The zero-order valence-electron chi connectivity index (χ0n) is 17.6. The van der Waals surface area contributed by atoms with Gasteiger partial charge in [0, 0.05) is 18.0 Å². The lowest BCUT2D eigenvalue weighted by atomic mass is 10.1. The number of pyridine rings is 2. The Morgan fingerprint density at radius 2 is 1.79 bits per heavy atom. The number of halogens is 1. The minimum Gasteiger partial charge on any atom is -0.467 e. The molecule has 5 rings (SSSR count). The summed E-state index contributed by atoms with van der Waals surface area (Å²) in [5, 5.41) is 4.83. The molecule has 2 amide bonds. The van der Waals surface area contributed by atoms with Crippen molar-refractivity contribution in [3.8, 4) is 11.3 Å². The number of nitrogens with zero attached hydrogens (tertiary/aromatic N) is 4. The van der Waals surface area contributed by atoms with Crippen molar-refractivity contribution >= 4 is 22.8 Å². The number of benzene rings is 1. The number of hydrogen-bond donors (Lipinski definition) is 2. The van der Waals surface area contributed by atoms with Crippen LogP contribution in [0.1, 0.15) is 26.5 Å². The number of rotatable bonds is 5. The van der Waals surface area contributed by atoms with Crippen molar-refractivity contribution < 1.29 is 18.4 Å². The van der Waals surface area contributed by atoms with Crippen LogP contribution >= 0.6 is 0 Å². The predicted molar refractivity (Wildman–Crippen MR) is 120 cm³/mol. The maximum Gasteiger partial charge on any atom is 0.272 e. The van der Waals surface area contributed by atoms with Gasteiger partial charge in [0.25, 0.3) is 11.8 Å². The van der Waals surface area contributed by atoms with Gasteiger partial charge in [-0.3, -0.25) is 25.4 Å². The van der Waals surface area contributed by atoms with Crippen LogP contribution in [-0.2, 0) is 6.54 Å². The van der Waals surface area contributed by atoms with Gasteiger partial charge in [-0.15, -0.1) is 0 Å². The highest BCUT2D eigenvalue weighted by molar-refractivity contribution is 6.07. The third kappa shape index (κ3) is 4.11. The highest BCUT2D eigenvalue weighted by Crippen LogP contribution is 2.25. The standard InChI is InChI=1S/C24H17FN6O3/c25-20-8-2-1-7-17(20)23(32)29-30-24(33)18-11-21(15-5-3-9-26-12-15)28-22-19(18)13-27-31(22)14-16-6-4-10-34-16/h1-13H,14H2,(H,29,32)(H,30,33). The van der Waals surface area contributed by atoms with Crippen LogP contribution in [0.3, 0.4) is 0 Å². The number of hydrogen-bond acceptors (Lipinski definition) is 6. The number of nitrogens with one attached hydrogen (secondary N) is 2. The maximum atomic E-state index is 13.9. The maximum absolute atomic E-state index is 13.9. The van der Waals surface area contributed by atoms with E-state index in [-0.39, 0.29) is 11.1 Å². The number of furan rings is 1. The van der Waals surface area contributed by atoms with E-state index in [1.807, 2.05) is 12.1 Å². The summed E-state index contributed by atoms with van der Waals surface area (Å²) in [5.41, 5.74) is 6.27. The fourth-order valence-corrected chi connectivity index (χ4v) is 3.46. The van der Waals surface area contributed by atoms with Gasteiger partial charge in [-0.25, -0.2) is 14.1 Å². The van der Waals surface area contributed by atoms with Crippen LogP contribution < -0.4 is 10.9 Å². The van der Waals surface area contributed by atoms with Crippen LogP contribution in [0.4, 0.5) is 4.39 Å². The van der Waals surface area contributed by atoms with Crippen molar-refractivity contribution in [3.05, 3.63) is 102 Å². The first kappa shape index (κ1) is 21.0. The van der Waals surface area contributed by atoms with E-state index in [1.54, 1.807) is 41.5 Å². The molecule has 1 aromatic carbocycles. The molecule has 0 aliphatic heterocycles. The van der Waals surface area contributed by atoms with Crippen LogP contribution in [-0.4, -0.2) is 31.6 Å². The Kier molecular flexibility index (Phi) is 5.53. The number of carbonyl (C=O) groups excluding carboxylic acids is 2. The molecule has 34 heavy (non-hydrogen) atoms. The van der Waals surface area contributed by atoms with Crippen molar-refractivity contribution in [1.29, 1.82) is 0 Å². The number of carbonyl (C=O) groups is 2. The molecule has 9 nitrogen and oxygen atoms in total. The van der Waals surface area contributed by atoms with Gasteiger partial charge in [0.1, 0.15) is 18.1 Å². The SMILES string of the molecule is O=C(NNC(=O)c1cc(-c2cccnc2)nc2c1cnn2Cc1ccco1)c1ccccc1F. The smallest absolute Gasteiger partial charge is 0.272 e. The normalized spacial score (nSPS) is 10.9. The number of aromatic nitrogens is 4. The summed E-state index contributed by atoms with van der Waals surface area (Å²) in [5.74, 6) is -1.42. The molecule has 5 aromatic rings. The molecule has 168 valence electrons. The van der Waals surface area contributed by atoms with Gasteiger partial charge in [-0.1, -0.05) is 12.1 Å². The first-order valence-corrected chi connectivity index (χ1v) is 10.2. The van der Waals surface area contributed by atoms with Crippen LogP contribution in [0, 0.1) is 5.82 Å². The van der Waals surface area contributed by atoms with Crippen LogP contribution in [0.15, 0.2) is 83.9 Å². The summed E-state index contributed by atoms with van der Waals surface area (Å²) in [7, 11) is 0. The molecule has 0 aliphatic rings. The van der Waals surface area contributed by atoms with Gasteiger partial charge in [-0.05, 0) is 42.5 Å². The Morgan fingerprint density at radius 1 is 0.971 bits per heavy atom. The molecule has 0 unspecified atom stereocenters. The Bertz CT molecular complexity index is 1480. The first-order valence-electron chi connectivity index (χ1n) is 10.2. The molecule has 0 atom stereocenters. The van der Waals surface area contributed by atoms with Crippen molar-refractivity contribution in [2.24, 2.45) is 0 Å². The van der Waals surface area contributed by atoms with Gasteiger partial charge >= 0.3 is 0 Å².